The summed E-state index contributed by atoms with van der Waals surface area (Å²) in [5.74, 6) is -0.188. The van der Waals surface area contributed by atoms with Gasteiger partial charge >= 0.3 is 0 Å². The molecule has 1 aromatic carbocycles. The van der Waals surface area contributed by atoms with Gasteiger partial charge in [-0.1, -0.05) is 0 Å². The molecule has 0 saturated heterocycles. The van der Waals surface area contributed by atoms with Crippen molar-refractivity contribution in [3.05, 3.63) is 29.3 Å². The summed E-state index contributed by atoms with van der Waals surface area (Å²) < 4.78 is 0. The Morgan fingerprint density at radius 2 is 2.11 bits per heavy atom. The summed E-state index contributed by atoms with van der Waals surface area (Å²) in [6.45, 7) is 3.83. The lowest BCUT2D eigenvalue weighted by molar-refractivity contribution is 0.101. The highest BCUT2D eigenvalue weighted by Crippen LogP contribution is 2.22. The summed E-state index contributed by atoms with van der Waals surface area (Å²) in [4.78, 5) is 13.4. The molecule has 0 aliphatic heterocycles. The van der Waals surface area contributed by atoms with Gasteiger partial charge < -0.3 is 4.90 Å². The van der Waals surface area contributed by atoms with E-state index in [1.807, 2.05) is 18.9 Å². The summed E-state index contributed by atoms with van der Waals surface area (Å²) in [5, 5.41) is 17.7. The molecule has 1 aromatic rings. The van der Waals surface area contributed by atoms with Gasteiger partial charge in [-0.2, -0.15) is 10.5 Å². The fourth-order valence-corrected chi connectivity index (χ4v) is 1.76. The quantitative estimate of drug-likeness (QED) is 0.759. The predicted molar refractivity (Wildman–Crippen MR) is 69.2 cm³/mol. The van der Waals surface area contributed by atoms with Crippen LogP contribution in [0.25, 0.3) is 0 Å². The second-order valence-electron chi connectivity index (χ2n) is 4.31. The zero-order chi connectivity index (χ0) is 13.7. The number of benzene rings is 1. The highest BCUT2D eigenvalue weighted by Gasteiger charge is 2.14. The molecular formula is C14H15N3O. The Bertz CT molecular complexity index is 537. The maximum Gasteiger partial charge on any atom is 0.161 e. The molecule has 1 rings (SSSR count). The molecule has 0 spiro atoms. The zero-order valence-electron chi connectivity index (χ0n) is 10.8. The Labute approximate surface area is 107 Å². The molecule has 0 radical (unpaired) electrons. The number of hydrogen-bond donors (Lipinski definition) is 0. The van der Waals surface area contributed by atoms with Crippen molar-refractivity contribution in [2.24, 2.45) is 5.92 Å². The molecule has 4 heteroatoms. The van der Waals surface area contributed by atoms with E-state index >= 15 is 0 Å². The summed E-state index contributed by atoms with van der Waals surface area (Å²) in [5.41, 5.74) is 1.77. The number of carbonyl (C=O) groups is 1. The number of nitrogens with zero attached hydrogens (tertiary/aromatic N) is 3. The van der Waals surface area contributed by atoms with Gasteiger partial charge in [0.2, 0.25) is 0 Å². The van der Waals surface area contributed by atoms with Crippen molar-refractivity contribution < 1.29 is 4.79 Å². The van der Waals surface area contributed by atoms with Gasteiger partial charge in [-0.25, -0.2) is 0 Å². The average Bonchev–Trinajstić information content (AvgIpc) is 2.37. The van der Waals surface area contributed by atoms with Crippen LogP contribution in [0.3, 0.4) is 0 Å². The molecule has 0 bridgehead atoms. The molecule has 1 atom stereocenters. The second kappa shape index (κ2) is 5.84. The lowest BCUT2D eigenvalue weighted by atomic mass is 10.0. The van der Waals surface area contributed by atoms with E-state index < -0.39 is 0 Å². The molecule has 0 heterocycles. The summed E-state index contributed by atoms with van der Waals surface area (Å²) >= 11 is 0. The van der Waals surface area contributed by atoms with Crippen LogP contribution in [0.2, 0.25) is 0 Å². The molecule has 0 amide bonds. The van der Waals surface area contributed by atoms with E-state index in [1.165, 1.54) is 6.92 Å². The van der Waals surface area contributed by atoms with E-state index in [4.69, 9.17) is 10.5 Å². The largest absolute Gasteiger partial charge is 0.373 e. The number of anilines is 1. The summed E-state index contributed by atoms with van der Waals surface area (Å²) in [7, 11) is 1.82. The Hall–Kier alpha value is -2.33. The maximum absolute atomic E-state index is 11.6. The Morgan fingerprint density at radius 3 is 2.61 bits per heavy atom. The van der Waals surface area contributed by atoms with Gasteiger partial charge in [0.15, 0.2) is 5.78 Å². The number of rotatable bonds is 4. The van der Waals surface area contributed by atoms with Crippen LogP contribution >= 0.6 is 0 Å². The molecule has 92 valence electrons. The smallest absolute Gasteiger partial charge is 0.161 e. The van der Waals surface area contributed by atoms with E-state index in [1.54, 1.807) is 18.2 Å². The predicted octanol–water partition coefficient (Wildman–Crippen LogP) is 2.36. The van der Waals surface area contributed by atoms with Gasteiger partial charge in [0.1, 0.15) is 0 Å². The lowest BCUT2D eigenvalue weighted by Gasteiger charge is -2.22. The number of Topliss-reactive ketones (excluding diaryl/α,β-unsaturated/α-hetero) is 1. The van der Waals surface area contributed by atoms with Crippen LogP contribution in [0.15, 0.2) is 18.2 Å². The SMILES string of the molecule is CC(=O)c1ccc(C#N)cc1N(C)CC(C)C#N. The number of nitriles is 2. The molecule has 1 unspecified atom stereocenters. The van der Waals surface area contributed by atoms with E-state index in [-0.39, 0.29) is 11.7 Å². The molecule has 0 aliphatic rings. The first-order chi connectivity index (χ1) is 8.49. The van der Waals surface area contributed by atoms with E-state index in [2.05, 4.69) is 12.1 Å². The topological polar surface area (TPSA) is 67.9 Å². The van der Waals surface area contributed by atoms with Crippen LogP contribution in [0.1, 0.15) is 29.8 Å². The molecule has 0 aliphatic carbocycles. The minimum atomic E-state index is -0.138. The second-order valence-corrected chi connectivity index (χ2v) is 4.31. The van der Waals surface area contributed by atoms with Crippen molar-refractivity contribution in [3.8, 4) is 12.1 Å². The molecule has 0 N–H and O–H groups in total. The third kappa shape index (κ3) is 3.09. The minimum absolute atomic E-state index is 0.0500. The van der Waals surface area contributed by atoms with Crippen LogP contribution in [-0.4, -0.2) is 19.4 Å². The minimum Gasteiger partial charge on any atom is -0.373 e. The Kier molecular flexibility index (Phi) is 4.45. The molecule has 0 aromatic heterocycles. The lowest BCUT2D eigenvalue weighted by Crippen LogP contribution is -2.25. The van der Waals surface area contributed by atoms with Crippen molar-refractivity contribution in [1.82, 2.24) is 0 Å². The van der Waals surface area contributed by atoms with Gasteiger partial charge in [-0.3, -0.25) is 4.79 Å². The number of hydrogen-bond acceptors (Lipinski definition) is 4. The first-order valence-corrected chi connectivity index (χ1v) is 5.65. The van der Waals surface area contributed by atoms with E-state index in [0.29, 0.717) is 23.4 Å². The van der Waals surface area contributed by atoms with Crippen LogP contribution in [-0.2, 0) is 0 Å². The summed E-state index contributed by atoms with van der Waals surface area (Å²) in [6.07, 6.45) is 0. The highest BCUT2D eigenvalue weighted by atomic mass is 16.1. The van der Waals surface area contributed by atoms with Crippen molar-refractivity contribution in [2.45, 2.75) is 13.8 Å². The third-order valence-corrected chi connectivity index (χ3v) is 2.69. The van der Waals surface area contributed by atoms with Gasteiger partial charge in [-0.05, 0) is 32.0 Å². The Balaban J connectivity index is 3.16. The monoisotopic (exact) mass is 241 g/mol. The van der Waals surface area contributed by atoms with Crippen LogP contribution in [0, 0.1) is 28.6 Å². The van der Waals surface area contributed by atoms with Crippen LogP contribution in [0.5, 0.6) is 0 Å². The standard InChI is InChI=1S/C14H15N3O/c1-10(7-15)9-17(3)14-6-12(8-16)4-5-13(14)11(2)18/h4-6,10H,9H2,1-3H3. The van der Waals surface area contributed by atoms with Crippen molar-refractivity contribution in [3.63, 3.8) is 0 Å². The van der Waals surface area contributed by atoms with E-state index in [9.17, 15) is 4.79 Å². The van der Waals surface area contributed by atoms with Crippen LogP contribution < -0.4 is 4.90 Å². The normalized spacial score (nSPS) is 11.2. The molecule has 0 saturated carbocycles. The van der Waals surface area contributed by atoms with Crippen molar-refractivity contribution >= 4 is 11.5 Å². The first-order valence-electron chi connectivity index (χ1n) is 5.65. The van der Waals surface area contributed by atoms with Crippen molar-refractivity contribution in [1.29, 1.82) is 10.5 Å². The van der Waals surface area contributed by atoms with Gasteiger partial charge in [0.25, 0.3) is 0 Å². The fourth-order valence-electron chi connectivity index (χ4n) is 1.76. The van der Waals surface area contributed by atoms with Gasteiger partial charge in [0.05, 0.1) is 23.6 Å². The summed E-state index contributed by atoms with van der Waals surface area (Å²) in [6, 6.07) is 9.17. The highest BCUT2D eigenvalue weighted by molar-refractivity contribution is 6.00. The molecule has 18 heavy (non-hydrogen) atoms. The molecule has 4 nitrogen and oxygen atoms in total. The third-order valence-electron chi connectivity index (χ3n) is 2.69. The number of carbonyl (C=O) groups excluding carboxylic acids is 1. The molecular weight excluding hydrogens is 226 g/mol. The van der Waals surface area contributed by atoms with Crippen LogP contribution in [0.4, 0.5) is 5.69 Å². The van der Waals surface area contributed by atoms with Gasteiger partial charge in [-0.15, -0.1) is 0 Å². The first kappa shape index (κ1) is 13.7. The average molecular weight is 241 g/mol. The molecule has 0 fully saturated rings. The number of ketones is 1. The fraction of sp³-hybridized carbons (Fsp3) is 0.357. The zero-order valence-corrected chi connectivity index (χ0v) is 10.8. The van der Waals surface area contributed by atoms with E-state index in [0.717, 1.165) is 0 Å². The van der Waals surface area contributed by atoms with Crippen molar-refractivity contribution in [2.75, 3.05) is 18.5 Å². The Morgan fingerprint density at radius 1 is 1.44 bits per heavy atom. The maximum atomic E-state index is 11.6. The van der Waals surface area contributed by atoms with Gasteiger partial charge in [0, 0.05) is 24.8 Å².